The molecule has 1 heterocycles. The van der Waals surface area contributed by atoms with Crippen LogP contribution in [-0.2, 0) is 0 Å². The molecule has 4 nitrogen and oxygen atoms in total. The number of hydrogen-bond donors (Lipinski definition) is 3. The Kier molecular flexibility index (Phi) is 6.97. The largest absolute Gasteiger partial charge is 0.409 e. The first-order chi connectivity index (χ1) is 7.83. The van der Waals surface area contributed by atoms with Gasteiger partial charge in [0, 0.05) is 6.42 Å². The van der Waals surface area contributed by atoms with Crippen LogP contribution in [0.4, 0.5) is 0 Å². The Hall–Kier alpha value is -0.770. The fraction of sp³-hybridized carbons (Fsp3) is 0.917. The van der Waals surface area contributed by atoms with E-state index >= 15 is 0 Å². The minimum Gasteiger partial charge on any atom is -0.409 e. The number of nitrogens with one attached hydrogen (secondary N) is 1. The summed E-state index contributed by atoms with van der Waals surface area (Å²) in [5.41, 5.74) is 5.40. The molecule has 0 bridgehead atoms. The van der Waals surface area contributed by atoms with Gasteiger partial charge in [-0.05, 0) is 38.5 Å². The Morgan fingerprint density at radius 3 is 2.44 bits per heavy atom. The van der Waals surface area contributed by atoms with Crippen LogP contribution in [0.2, 0.25) is 0 Å². The van der Waals surface area contributed by atoms with Crippen LogP contribution in [0.5, 0.6) is 0 Å². The third-order valence-corrected chi connectivity index (χ3v) is 3.40. The molecular weight excluding hydrogens is 202 g/mol. The molecule has 1 rings (SSSR count). The molecule has 1 aliphatic heterocycles. The normalized spacial score (nSPS) is 18.9. The second-order valence-corrected chi connectivity index (χ2v) is 4.82. The maximum Gasteiger partial charge on any atom is 0.139 e. The summed E-state index contributed by atoms with van der Waals surface area (Å²) in [4.78, 5) is 1.79. The number of hydrogen-bond acceptors (Lipinski definition) is 2. The van der Waals surface area contributed by atoms with E-state index in [1.54, 1.807) is 4.90 Å². The highest BCUT2D eigenvalue weighted by Crippen LogP contribution is 2.02. The van der Waals surface area contributed by atoms with Crippen molar-refractivity contribution in [1.82, 2.24) is 0 Å². The summed E-state index contributed by atoms with van der Waals surface area (Å²) in [6, 6.07) is 0. The first-order valence-corrected chi connectivity index (χ1v) is 6.63. The molecule has 1 aliphatic rings. The van der Waals surface area contributed by atoms with E-state index in [9.17, 15) is 0 Å². The van der Waals surface area contributed by atoms with E-state index in [0.717, 1.165) is 12.8 Å². The van der Waals surface area contributed by atoms with Crippen LogP contribution in [0.1, 0.15) is 51.4 Å². The van der Waals surface area contributed by atoms with Gasteiger partial charge in [0.05, 0.1) is 19.6 Å². The maximum absolute atomic E-state index is 8.37. The van der Waals surface area contributed by atoms with Crippen molar-refractivity contribution in [2.24, 2.45) is 10.9 Å². The van der Waals surface area contributed by atoms with Crippen LogP contribution in [0, 0.1) is 0 Å². The smallest absolute Gasteiger partial charge is 0.139 e. The van der Waals surface area contributed by atoms with Crippen molar-refractivity contribution in [1.29, 1.82) is 0 Å². The SMILES string of the molecule is N/C(CCCCCC[NH+]1CCCCC1)=N/O. The molecule has 0 saturated carbocycles. The molecular formula is C12H26N3O+. The molecule has 0 amide bonds. The molecule has 4 N–H and O–H groups in total. The van der Waals surface area contributed by atoms with Crippen molar-refractivity contribution in [2.45, 2.75) is 51.4 Å². The molecule has 0 radical (unpaired) electrons. The van der Waals surface area contributed by atoms with Crippen molar-refractivity contribution in [3.8, 4) is 0 Å². The minimum absolute atomic E-state index is 0.363. The van der Waals surface area contributed by atoms with Gasteiger partial charge in [0.15, 0.2) is 0 Å². The van der Waals surface area contributed by atoms with Gasteiger partial charge in [-0.15, -0.1) is 0 Å². The van der Waals surface area contributed by atoms with Gasteiger partial charge in [-0.25, -0.2) is 0 Å². The molecule has 0 unspecified atom stereocenters. The summed E-state index contributed by atoms with van der Waals surface area (Å²) in [5, 5.41) is 11.3. The van der Waals surface area contributed by atoms with Gasteiger partial charge in [0.25, 0.3) is 0 Å². The highest BCUT2D eigenvalue weighted by atomic mass is 16.4. The highest BCUT2D eigenvalue weighted by Gasteiger charge is 2.11. The van der Waals surface area contributed by atoms with Gasteiger partial charge in [-0.2, -0.15) is 0 Å². The lowest BCUT2D eigenvalue weighted by atomic mass is 10.1. The maximum atomic E-state index is 8.37. The summed E-state index contributed by atoms with van der Waals surface area (Å²) in [7, 11) is 0. The molecule has 1 fully saturated rings. The Labute approximate surface area is 98.5 Å². The fourth-order valence-electron chi connectivity index (χ4n) is 2.39. The molecule has 0 aliphatic carbocycles. The molecule has 0 spiro atoms. The lowest BCUT2D eigenvalue weighted by Crippen LogP contribution is -3.12. The van der Waals surface area contributed by atoms with Crippen molar-refractivity contribution in [2.75, 3.05) is 19.6 Å². The summed E-state index contributed by atoms with van der Waals surface area (Å²) >= 11 is 0. The molecule has 4 heteroatoms. The van der Waals surface area contributed by atoms with Gasteiger partial charge in [-0.3, -0.25) is 0 Å². The lowest BCUT2D eigenvalue weighted by Gasteiger charge is -2.23. The zero-order valence-electron chi connectivity index (χ0n) is 10.2. The highest BCUT2D eigenvalue weighted by molar-refractivity contribution is 5.79. The van der Waals surface area contributed by atoms with Crippen LogP contribution in [0.25, 0.3) is 0 Å². The number of likely N-dealkylation sites (tertiary alicyclic amines) is 1. The van der Waals surface area contributed by atoms with E-state index in [1.807, 2.05) is 0 Å². The van der Waals surface area contributed by atoms with Crippen molar-refractivity contribution in [3.63, 3.8) is 0 Å². The van der Waals surface area contributed by atoms with Crippen molar-refractivity contribution >= 4 is 5.84 Å². The molecule has 0 atom stereocenters. The number of unbranched alkanes of at least 4 members (excludes halogenated alkanes) is 3. The van der Waals surface area contributed by atoms with E-state index in [1.165, 1.54) is 58.2 Å². The third kappa shape index (κ3) is 5.95. The van der Waals surface area contributed by atoms with Crippen LogP contribution in [-0.4, -0.2) is 30.7 Å². The average molecular weight is 228 g/mol. The van der Waals surface area contributed by atoms with Gasteiger partial charge < -0.3 is 15.8 Å². The molecule has 0 aromatic rings. The molecule has 0 aromatic carbocycles. The van der Waals surface area contributed by atoms with Gasteiger partial charge in [0.2, 0.25) is 0 Å². The zero-order chi connectivity index (χ0) is 11.6. The molecule has 94 valence electrons. The standard InChI is InChI=1S/C12H25N3O/c13-12(14-16)8-4-1-2-5-9-15-10-6-3-7-11-15/h16H,1-11H2,(H2,13,14)/p+1. The number of nitrogens with zero attached hydrogens (tertiary/aromatic N) is 1. The van der Waals surface area contributed by atoms with E-state index in [2.05, 4.69) is 5.16 Å². The number of quaternary nitrogens is 1. The van der Waals surface area contributed by atoms with Crippen LogP contribution in [0.3, 0.4) is 0 Å². The predicted octanol–water partition coefficient (Wildman–Crippen LogP) is 0.752. The average Bonchev–Trinajstić information content (AvgIpc) is 2.34. The van der Waals surface area contributed by atoms with Gasteiger partial charge >= 0.3 is 0 Å². The van der Waals surface area contributed by atoms with Crippen LogP contribution in [0.15, 0.2) is 5.16 Å². The van der Waals surface area contributed by atoms with E-state index in [4.69, 9.17) is 10.9 Å². The van der Waals surface area contributed by atoms with Crippen molar-refractivity contribution < 1.29 is 10.1 Å². The van der Waals surface area contributed by atoms with Crippen LogP contribution < -0.4 is 10.6 Å². The predicted molar refractivity (Wildman–Crippen MR) is 65.9 cm³/mol. The lowest BCUT2D eigenvalue weighted by molar-refractivity contribution is -0.905. The summed E-state index contributed by atoms with van der Waals surface area (Å²) in [5.74, 6) is 0.363. The van der Waals surface area contributed by atoms with E-state index in [-0.39, 0.29) is 0 Å². The monoisotopic (exact) mass is 228 g/mol. The Morgan fingerprint density at radius 1 is 1.06 bits per heavy atom. The topological polar surface area (TPSA) is 63.0 Å². The summed E-state index contributed by atoms with van der Waals surface area (Å²) < 4.78 is 0. The summed E-state index contributed by atoms with van der Waals surface area (Å²) in [6.45, 7) is 4.10. The number of oxime groups is 1. The zero-order valence-corrected chi connectivity index (χ0v) is 10.2. The third-order valence-electron chi connectivity index (χ3n) is 3.40. The second-order valence-electron chi connectivity index (χ2n) is 4.82. The minimum atomic E-state index is 0.363. The Balaban J connectivity index is 1.87. The molecule has 1 saturated heterocycles. The number of nitrogens with two attached hydrogens (primary N) is 1. The van der Waals surface area contributed by atoms with E-state index in [0.29, 0.717) is 5.84 Å². The quantitative estimate of drug-likeness (QED) is 0.198. The number of amidine groups is 1. The Bertz CT molecular complexity index is 200. The first kappa shape index (κ1) is 13.3. The fourth-order valence-corrected chi connectivity index (χ4v) is 2.39. The molecule has 0 aromatic heterocycles. The Morgan fingerprint density at radius 2 is 1.75 bits per heavy atom. The van der Waals surface area contributed by atoms with Gasteiger partial charge in [0.1, 0.15) is 5.84 Å². The van der Waals surface area contributed by atoms with E-state index < -0.39 is 0 Å². The number of piperidine rings is 1. The summed E-state index contributed by atoms with van der Waals surface area (Å²) in [6.07, 6.45) is 9.84. The number of rotatable bonds is 7. The van der Waals surface area contributed by atoms with Gasteiger partial charge in [-0.1, -0.05) is 11.6 Å². The van der Waals surface area contributed by atoms with Crippen LogP contribution >= 0.6 is 0 Å². The van der Waals surface area contributed by atoms with Crippen molar-refractivity contribution in [3.05, 3.63) is 0 Å². The first-order valence-electron chi connectivity index (χ1n) is 6.63. The molecule has 16 heavy (non-hydrogen) atoms. The second kappa shape index (κ2) is 8.39.